The number of rotatable bonds is 4. The van der Waals surface area contributed by atoms with Gasteiger partial charge in [-0.2, -0.15) is 0 Å². The lowest BCUT2D eigenvalue weighted by atomic mass is 10.0. The molecule has 1 aromatic heterocycles. The Morgan fingerprint density at radius 3 is 3.15 bits per heavy atom. The fourth-order valence-electron chi connectivity index (χ4n) is 2.45. The smallest absolute Gasteiger partial charge is 0.131 e. The average Bonchev–Trinajstić information content (AvgIpc) is 2.52. The van der Waals surface area contributed by atoms with Crippen molar-refractivity contribution in [1.29, 1.82) is 0 Å². The molecule has 0 spiro atoms. The van der Waals surface area contributed by atoms with Gasteiger partial charge in [0.15, 0.2) is 0 Å². The lowest BCUT2D eigenvalue weighted by Crippen LogP contribution is -2.09. The molecule has 0 atom stereocenters. The first-order valence-corrected chi connectivity index (χ1v) is 7.19. The first-order chi connectivity index (χ1) is 9.88. The van der Waals surface area contributed by atoms with Gasteiger partial charge in [0.25, 0.3) is 0 Å². The molecule has 1 aromatic carbocycles. The highest BCUT2D eigenvalue weighted by molar-refractivity contribution is 5.71. The van der Waals surface area contributed by atoms with E-state index in [9.17, 15) is 0 Å². The van der Waals surface area contributed by atoms with Crippen molar-refractivity contribution in [3.05, 3.63) is 36.2 Å². The standard InChI is InChI=1S/C16H19N3O/c1-2-8-17-15-10-14(18-11-19-15)13-7-3-5-12-6-4-9-20-16(12)13/h3,5,7,10-11H,2,4,6,8-9H2,1H3,(H,17,18,19). The van der Waals surface area contributed by atoms with E-state index in [0.717, 1.165) is 55.2 Å². The largest absolute Gasteiger partial charge is 0.493 e. The maximum Gasteiger partial charge on any atom is 0.131 e. The molecule has 1 N–H and O–H groups in total. The second kappa shape index (κ2) is 5.90. The van der Waals surface area contributed by atoms with E-state index in [0.29, 0.717) is 0 Å². The van der Waals surface area contributed by atoms with Crippen LogP contribution in [0.1, 0.15) is 25.3 Å². The Kier molecular flexibility index (Phi) is 3.81. The molecule has 0 bridgehead atoms. The fraction of sp³-hybridized carbons (Fsp3) is 0.375. The Morgan fingerprint density at radius 2 is 2.25 bits per heavy atom. The van der Waals surface area contributed by atoms with Crippen molar-refractivity contribution in [2.75, 3.05) is 18.5 Å². The zero-order chi connectivity index (χ0) is 13.8. The number of ether oxygens (including phenoxy) is 1. The molecule has 0 radical (unpaired) electrons. The molecule has 0 fully saturated rings. The van der Waals surface area contributed by atoms with Crippen LogP contribution in [0.15, 0.2) is 30.6 Å². The average molecular weight is 269 g/mol. The number of benzene rings is 1. The van der Waals surface area contributed by atoms with Crippen LogP contribution < -0.4 is 10.1 Å². The van der Waals surface area contributed by atoms with E-state index in [1.807, 2.05) is 6.07 Å². The minimum atomic E-state index is 0.788. The van der Waals surface area contributed by atoms with Crippen molar-refractivity contribution < 1.29 is 4.74 Å². The number of para-hydroxylation sites is 1. The molecule has 0 saturated carbocycles. The van der Waals surface area contributed by atoms with E-state index in [2.05, 4.69) is 40.4 Å². The third-order valence-corrected chi connectivity index (χ3v) is 3.43. The summed E-state index contributed by atoms with van der Waals surface area (Å²) in [6.45, 7) is 3.84. The van der Waals surface area contributed by atoms with E-state index in [-0.39, 0.29) is 0 Å². The summed E-state index contributed by atoms with van der Waals surface area (Å²) >= 11 is 0. The predicted molar refractivity (Wildman–Crippen MR) is 80.1 cm³/mol. The third kappa shape index (κ3) is 2.59. The molecule has 20 heavy (non-hydrogen) atoms. The number of fused-ring (bicyclic) bond motifs is 1. The zero-order valence-electron chi connectivity index (χ0n) is 11.7. The van der Waals surface area contributed by atoms with Crippen molar-refractivity contribution in [1.82, 2.24) is 9.97 Å². The highest BCUT2D eigenvalue weighted by Gasteiger charge is 2.16. The molecule has 2 aromatic rings. The van der Waals surface area contributed by atoms with Gasteiger partial charge in [-0.15, -0.1) is 0 Å². The van der Waals surface area contributed by atoms with E-state index < -0.39 is 0 Å². The second-order valence-electron chi connectivity index (χ2n) is 4.96. The molecule has 104 valence electrons. The summed E-state index contributed by atoms with van der Waals surface area (Å²) in [6.07, 6.45) is 4.84. The highest BCUT2D eigenvalue weighted by Crippen LogP contribution is 2.35. The van der Waals surface area contributed by atoms with Gasteiger partial charge < -0.3 is 10.1 Å². The van der Waals surface area contributed by atoms with Crippen LogP contribution in [-0.4, -0.2) is 23.1 Å². The molecule has 0 unspecified atom stereocenters. The van der Waals surface area contributed by atoms with Crippen molar-refractivity contribution >= 4 is 5.82 Å². The molecular weight excluding hydrogens is 250 g/mol. The summed E-state index contributed by atoms with van der Waals surface area (Å²) < 4.78 is 5.85. The van der Waals surface area contributed by atoms with Crippen LogP contribution in [0, 0.1) is 0 Å². The summed E-state index contributed by atoms with van der Waals surface area (Å²) in [5, 5.41) is 3.29. The zero-order valence-corrected chi connectivity index (χ0v) is 11.7. The third-order valence-electron chi connectivity index (χ3n) is 3.43. The molecule has 2 heterocycles. The fourth-order valence-corrected chi connectivity index (χ4v) is 2.45. The number of nitrogens with zero attached hydrogens (tertiary/aromatic N) is 2. The number of hydrogen-bond acceptors (Lipinski definition) is 4. The minimum absolute atomic E-state index is 0.788. The van der Waals surface area contributed by atoms with Crippen LogP contribution in [-0.2, 0) is 6.42 Å². The van der Waals surface area contributed by atoms with Gasteiger partial charge in [-0.25, -0.2) is 9.97 Å². The highest BCUT2D eigenvalue weighted by atomic mass is 16.5. The lowest BCUT2D eigenvalue weighted by molar-refractivity contribution is 0.289. The first kappa shape index (κ1) is 12.9. The Bertz CT molecular complexity index is 598. The normalized spacial score (nSPS) is 13.4. The maximum atomic E-state index is 5.85. The van der Waals surface area contributed by atoms with Gasteiger partial charge in [0.2, 0.25) is 0 Å². The summed E-state index contributed by atoms with van der Waals surface area (Å²) in [7, 11) is 0. The van der Waals surface area contributed by atoms with Crippen LogP contribution in [0.5, 0.6) is 5.75 Å². The molecule has 3 rings (SSSR count). The van der Waals surface area contributed by atoms with Crippen LogP contribution in [0.3, 0.4) is 0 Å². The molecule has 1 aliphatic heterocycles. The topological polar surface area (TPSA) is 47.0 Å². The molecule has 4 nitrogen and oxygen atoms in total. The van der Waals surface area contributed by atoms with E-state index in [1.165, 1.54) is 5.56 Å². The van der Waals surface area contributed by atoms with Gasteiger partial charge in [-0.3, -0.25) is 0 Å². The second-order valence-corrected chi connectivity index (χ2v) is 4.96. The van der Waals surface area contributed by atoms with E-state index >= 15 is 0 Å². The summed E-state index contributed by atoms with van der Waals surface area (Å²) in [5.41, 5.74) is 3.25. The van der Waals surface area contributed by atoms with Gasteiger partial charge in [-0.1, -0.05) is 19.1 Å². The first-order valence-electron chi connectivity index (χ1n) is 7.19. The summed E-state index contributed by atoms with van der Waals surface area (Å²) in [4.78, 5) is 8.65. The molecule has 0 aliphatic carbocycles. The monoisotopic (exact) mass is 269 g/mol. The summed E-state index contributed by atoms with van der Waals surface area (Å²) in [5.74, 6) is 1.85. The SMILES string of the molecule is CCCNc1cc(-c2cccc3c2OCCC3)ncn1. The van der Waals surface area contributed by atoms with Gasteiger partial charge in [-0.05, 0) is 30.9 Å². The van der Waals surface area contributed by atoms with Crippen molar-refractivity contribution in [3.8, 4) is 17.0 Å². The molecule has 4 heteroatoms. The van der Waals surface area contributed by atoms with E-state index in [1.54, 1.807) is 6.33 Å². The Balaban J connectivity index is 1.96. The number of aromatic nitrogens is 2. The Labute approximate surface area is 119 Å². The quantitative estimate of drug-likeness (QED) is 0.925. The summed E-state index contributed by atoms with van der Waals surface area (Å²) in [6, 6.07) is 8.26. The lowest BCUT2D eigenvalue weighted by Gasteiger charge is -2.20. The van der Waals surface area contributed by atoms with Crippen LogP contribution in [0.2, 0.25) is 0 Å². The molecule has 1 aliphatic rings. The number of aryl methyl sites for hydroxylation is 1. The number of nitrogens with one attached hydrogen (secondary N) is 1. The molecule has 0 saturated heterocycles. The maximum absolute atomic E-state index is 5.85. The number of anilines is 1. The van der Waals surface area contributed by atoms with Gasteiger partial charge >= 0.3 is 0 Å². The van der Waals surface area contributed by atoms with Crippen molar-refractivity contribution in [2.24, 2.45) is 0 Å². The van der Waals surface area contributed by atoms with E-state index in [4.69, 9.17) is 4.74 Å². The van der Waals surface area contributed by atoms with Crippen LogP contribution in [0.4, 0.5) is 5.82 Å². The van der Waals surface area contributed by atoms with Crippen LogP contribution in [0.25, 0.3) is 11.3 Å². The van der Waals surface area contributed by atoms with Gasteiger partial charge in [0.1, 0.15) is 17.9 Å². The van der Waals surface area contributed by atoms with Gasteiger partial charge in [0.05, 0.1) is 12.3 Å². The Morgan fingerprint density at radius 1 is 1.30 bits per heavy atom. The van der Waals surface area contributed by atoms with Crippen molar-refractivity contribution in [2.45, 2.75) is 26.2 Å². The Hall–Kier alpha value is -2.10. The molecular formula is C16H19N3O. The van der Waals surface area contributed by atoms with Crippen LogP contribution >= 0.6 is 0 Å². The number of hydrogen-bond donors (Lipinski definition) is 1. The van der Waals surface area contributed by atoms with Crippen molar-refractivity contribution in [3.63, 3.8) is 0 Å². The minimum Gasteiger partial charge on any atom is -0.493 e. The molecule has 0 amide bonds. The predicted octanol–water partition coefficient (Wildman–Crippen LogP) is 3.29. The van der Waals surface area contributed by atoms with Gasteiger partial charge in [0, 0.05) is 18.2 Å².